The Bertz CT molecular complexity index is 985. The van der Waals surface area contributed by atoms with Crippen LogP contribution in [0.2, 0.25) is 0 Å². The molecule has 0 aromatic heterocycles. The molecule has 0 saturated carbocycles. The molecule has 3 heteroatoms. The van der Waals surface area contributed by atoms with Gasteiger partial charge in [0.1, 0.15) is 0 Å². The Kier molecular flexibility index (Phi) is 7.22. The van der Waals surface area contributed by atoms with Crippen LogP contribution in [0.25, 0.3) is 16.7 Å². The standard InChI is InChI=1S/C26H29.2ClH.Zr/c1-25(2,3)19-11-12-20-18(15-19)16-22-21(20)13-14-23(26(4,5)6)24(22)17-9-7-8-10-17;;;/h7-9,11-16H,10H2,1-6H3;2*1H;/q;;;+2/p-2. The average Bonchev–Trinajstić information content (AvgIpc) is 3.20. The first-order valence-electron chi connectivity index (χ1n) is 9.98. The molecule has 0 N–H and O–H groups in total. The van der Waals surface area contributed by atoms with Crippen molar-refractivity contribution in [1.29, 1.82) is 0 Å². The minimum absolute atomic E-state index is 0. The van der Waals surface area contributed by atoms with E-state index in [1.54, 1.807) is 30.3 Å². The Labute approximate surface area is 203 Å². The van der Waals surface area contributed by atoms with Crippen molar-refractivity contribution in [3.8, 4) is 11.1 Å². The van der Waals surface area contributed by atoms with E-state index in [0.29, 0.717) is 3.63 Å². The Morgan fingerprint density at radius 1 is 0.862 bits per heavy atom. The number of rotatable bonds is 1. The molecule has 0 spiro atoms. The van der Waals surface area contributed by atoms with Crippen LogP contribution in [-0.4, -0.2) is 0 Å². The molecule has 0 aliphatic heterocycles. The van der Waals surface area contributed by atoms with Crippen molar-refractivity contribution >= 4 is 5.57 Å². The van der Waals surface area contributed by atoms with Gasteiger partial charge in [0.2, 0.25) is 0 Å². The normalized spacial score (nSPS) is 17.2. The van der Waals surface area contributed by atoms with E-state index in [9.17, 15) is 0 Å². The maximum Gasteiger partial charge on any atom is -1.00 e. The summed E-state index contributed by atoms with van der Waals surface area (Å²) in [6.45, 7) is 14.0. The number of hydrogen-bond acceptors (Lipinski definition) is 0. The zero-order valence-corrected chi connectivity index (χ0v) is 22.1. The summed E-state index contributed by atoms with van der Waals surface area (Å²) in [5.74, 6) is 0. The molecule has 2 aliphatic carbocycles. The van der Waals surface area contributed by atoms with Crippen molar-refractivity contribution in [3.05, 3.63) is 76.4 Å². The van der Waals surface area contributed by atoms with Gasteiger partial charge in [0.15, 0.2) is 0 Å². The molecule has 1 atom stereocenters. The number of fused-ring (bicyclic) bond motifs is 3. The molecule has 0 nitrogen and oxygen atoms in total. The quantitative estimate of drug-likeness (QED) is 0.550. The van der Waals surface area contributed by atoms with Crippen LogP contribution in [0.1, 0.15) is 79.4 Å². The van der Waals surface area contributed by atoms with Crippen molar-refractivity contribution in [2.24, 2.45) is 0 Å². The Morgan fingerprint density at radius 3 is 2.07 bits per heavy atom. The van der Waals surface area contributed by atoms with E-state index in [2.05, 4.69) is 90.1 Å². The fraction of sp³-hybridized carbons (Fsp3) is 0.385. The fourth-order valence-corrected chi connectivity index (χ4v) is 5.75. The largest absolute Gasteiger partial charge is 1.00 e. The van der Waals surface area contributed by atoms with Gasteiger partial charge in [-0.2, -0.15) is 0 Å². The van der Waals surface area contributed by atoms with Gasteiger partial charge in [0, 0.05) is 0 Å². The first kappa shape index (κ1) is 24.7. The van der Waals surface area contributed by atoms with Gasteiger partial charge in [-0.05, 0) is 0 Å². The summed E-state index contributed by atoms with van der Waals surface area (Å²) in [5, 5.41) is 0. The first-order chi connectivity index (χ1) is 12.6. The molecule has 1 unspecified atom stereocenters. The average molecular weight is 504 g/mol. The zero-order valence-electron chi connectivity index (χ0n) is 18.2. The van der Waals surface area contributed by atoms with Crippen molar-refractivity contribution in [3.63, 3.8) is 0 Å². The molecule has 0 amide bonds. The van der Waals surface area contributed by atoms with Crippen LogP contribution in [0.15, 0.2) is 48.6 Å². The topological polar surface area (TPSA) is 0 Å². The van der Waals surface area contributed by atoms with Gasteiger partial charge in [0.25, 0.3) is 0 Å². The summed E-state index contributed by atoms with van der Waals surface area (Å²) in [6, 6.07) is 12.0. The van der Waals surface area contributed by atoms with Gasteiger partial charge in [-0.15, -0.1) is 0 Å². The fourth-order valence-electron chi connectivity index (χ4n) is 4.43. The third kappa shape index (κ3) is 4.26. The van der Waals surface area contributed by atoms with Gasteiger partial charge in [-0.1, -0.05) is 0 Å². The van der Waals surface area contributed by atoms with Crippen LogP contribution in [0.4, 0.5) is 0 Å². The molecule has 2 aliphatic rings. The minimum Gasteiger partial charge on any atom is -1.00 e. The Morgan fingerprint density at radius 2 is 1.52 bits per heavy atom. The van der Waals surface area contributed by atoms with E-state index in [-0.39, 0.29) is 35.6 Å². The monoisotopic (exact) mass is 501 g/mol. The molecule has 4 rings (SSSR count). The van der Waals surface area contributed by atoms with E-state index >= 15 is 0 Å². The van der Waals surface area contributed by atoms with Gasteiger partial charge < -0.3 is 24.8 Å². The smallest absolute Gasteiger partial charge is 1.00 e. The number of hydrogen-bond donors (Lipinski definition) is 0. The van der Waals surface area contributed by atoms with Crippen molar-refractivity contribution in [2.75, 3.05) is 0 Å². The van der Waals surface area contributed by atoms with Gasteiger partial charge >= 0.3 is 180 Å². The summed E-state index contributed by atoms with van der Waals surface area (Å²) in [5.41, 5.74) is 12.3. The molecule has 151 valence electrons. The predicted octanol–water partition coefficient (Wildman–Crippen LogP) is 1.25. The van der Waals surface area contributed by atoms with Crippen LogP contribution in [-0.2, 0) is 35.5 Å². The number of halogens is 2. The molecule has 2 aromatic rings. The molecule has 2 aromatic carbocycles. The van der Waals surface area contributed by atoms with Crippen molar-refractivity contribution in [1.82, 2.24) is 0 Å². The molecule has 0 saturated heterocycles. The second kappa shape index (κ2) is 8.49. The van der Waals surface area contributed by atoms with E-state index in [1.807, 2.05) is 0 Å². The van der Waals surface area contributed by atoms with Crippen LogP contribution < -0.4 is 24.8 Å². The zero-order chi connectivity index (χ0) is 19.6. The first-order valence-corrected chi connectivity index (χ1v) is 11.4. The second-order valence-corrected chi connectivity index (χ2v) is 11.4. The molecule has 29 heavy (non-hydrogen) atoms. The Balaban J connectivity index is 0.00000150. The second-order valence-electron chi connectivity index (χ2n) is 10.0. The molecule has 0 heterocycles. The Hall–Kier alpha value is -0.617. The van der Waals surface area contributed by atoms with E-state index < -0.39 is 0 Å². The summed E-state index contributed by atoms with van der Waals surface area (Å²) >= 11 is 1.59. The third-order valence-corrected chi connectivity index (χ3v) is 7.43. The van der Waals surface area contributed by atoms with Crippen LogP contribution in [0, 0.1) is 0 Å². The van der Waals surface area contributed by atoms with Crippen LogP contribution >= 0.6 is 0 Å². The van der Waals surface area contributed by atoms with Crippen LogP contribution in [0.5, 0.6) is 0 Å². The molecular formula is C26H29Cl2Zr. The van der Waals surface area contributed by atoms with Crippen molar-refractivity contribution in [2.45, 2.75) is 62.4 Å². The number of benzene rings is 2. The van der Waals surface area contributed by atoms with Gasteiger partial charge in [-0.3, -0.25) is 0 Å². The summed E-state index contributed by atoms with van der Waals surface area (Å²) in [4.78, 5) is 0. The van der Waals surface area contributed by atoms with Crippen LogP contribution in [0.3, 0.4) is 0 Å². The molecule has 0 bridgehead atoms. The number of allylic oxidation sites excluding steroid dienone is 4. The van der Waals surface area contributed by atoms with E-state index in [4.69, 9.17) is 0 Å². The van der Waals surface area contributed by atoms with Crippen molar-refractivity contribution < 1.29 is 49.5 Å². The summed E-state index contributed by atoms with van der Waals surface area (Å²) < 4.78 is 0.531. The molecular weight excluding hydrogens is 474 g/mol. The summed E-state index contributed by atoms with van der Waals surface area (Å²) in [7, 11) is 0. The minimum atomic E-state index is 0. The predicted molar refractivity (Wildman–Crippen MR) is 113 cm³/mol. The van der Waals surface area contributed by atoms with E-state index in [1.165, 1.54) is 39.0 Å². The molecule has 0 fully saturated rings. The van der Waals surface area contributed by atoms with E-state index in [0.717, 1.165) is 6.42 Å². The third-order valence-electron chi connectivity index (χ3n) is 5.95. The maximum atomic E-state index is 2.48. The summed E-state index contributed by atoms with van der Waals surface area (Å²) in [6.07, 6.45) is 7.90. The SMILES string of the molecule is CC(C)(C)c1ccc2c(c1)[CH]([Zr+2])c1c-2ccc(C(C)(C)C)c1C1=CC=CC1.[Cl-].[Cl-]. The van der Waals surface area contributed by atoms with Gasteiger partial charge in [0.05, 0.1) is 0 Å². The molecule has 0 radical (unpaired) electrons. The maximum absolute atomic E-state index is 2.48. The van der Waals surface area contributed by atoms with Gasteiger partial charge in [-0.25, -0.2) is 0 Å².